The van der Waals surface area contributed by atoms with Gasteiger partial charge in [0.05, 0.1) is 5.69 Å². The predicted octanol–water partition coefficient (Wildman–Crippen LogP) is 2.73. The van der Waals surface area contributed by atoms with Gasteiger partial charge < -0.3 is 5.32 Å². The molecule has 2 aromatic heterocycles. The first-order valence-electron chi connectivity index (χ1n) is 8.63. The molecule has 9 heteroatoms. The topological polar surface area (TPSA) is 106 Å². The van der Waals surface area contributed by atoms with Gasteiger partial charge in [-0.05, 0) is 24.3 Å². The highest BCUT2D eigenvalue weighted by molar-refractivity contribution is 7.99. The van der Waals surface area contributed by atoms with Crippen LogP contribution in [0.25, 0.3) is 11.3 Å². The van der Waals surface area contributed by atoms with Crippen LogP contribution >= 0.6 is 11.8 Å². The van der Waals surface area contributed by atoms with Crippen molar-refractivity contribution in [1.82, 2.24) is 25.0 Å². The molecule has 3 aromatic rings. The third-order valence-corrected chi connectivity index (χ3v) is 4.68. The number of carbonyl (C=O) groups is 1. The third kappa shape index (κ3) is 4.25. The Morgan fingerprint density at radius 1 is 1.26 bits per heavy atom. The van der Waals surface area contributed by atoms with E-state index in [4.69, 9.17) is 0 Å². The Kier molecular flexibility index (Phi) is 6.02. The Hall–Kier alpha value is -2.94. The molecule has 0 spiro atoms. The zero-order valence-corrected chi connectivity index (χ0v) is 15.9. The van der Waals surface area contributed by atoms with Crippen LogP contribution in [0.2, 0.25) is 0 Å². The van der Waals surface area contributed by atoms with Gasteiger partial charge in [0.15, 0.2) is 10.9 Å². The fourth-order valence-corrected chi connectivity index (χ4v) is 3.21. The maximum Gasteiger partial charge on any atom is 0.278 e. The van der Waals surface area contributed by atoms with Gasteiger partial charge in [-0.3, -0.25) is 19.3 Å². The van der Waals surface area contributed by atoms with Crippen LogP contribution in [0.15, 0.2) is 52.7 Å². The Labute approximate surface area is 160 Å². The van der Waals surface area contributed by atoms with Gasteiger partial charge in [-0.25, -0.2) is 0 Å². The maximum absolute atomic E-state index is 12.8. The lowest BCUT2D eigenvalue weighted by molar-refractivity contribution is -0.119. The van der Waals surface area contributed by atoms with E-state index in [1.54, 1.807) is 47.4 Å². The van der Waals surface area contributed by atoms with Crippen molar-refractivity contribution in [3.8, 4) is 11.3 Å². The minimum absolute atomic E-state index is 0.165. The number of anilines is 1. The molecule has 0 saturated carbocycles. The number of benzene rings is 1. The average molecular weight is 384 g/mol. The molecule has 1 atom stereocenters. The van der Waals surface area contributed by atoms with Crippen LogP contribution in [-0.2, 0) is 4.79 Å². The zero-order chi connectivity index (χ0) is 19.2. The van der Waals surface area contributed by atoms with Crippen molar-refractivity contribution in [2.45, 2.75) is 31.5 Å². The molecule has 3 rings (SSSR count). The maximum atomic E-state index is 12.8. The number of thioether (sulfide) groups is 1. The van der Waals surface area contributed by atoms with Crippen molar-refractivity contribution < 1.29 is 4.79 Å². The number of para-hydroxylation sites is 1. The quantitative estimate of drug-likeness (QED) is 0.607. The van der Waals surface area contributed by atoms with Crippen molar-refractivity contribution in [3.05, 3.63) is 53.1 Å². The van der Waals surface area contributed by atoms with Gasteiger partial charge in [0.1, 0.15) is 6.04 Å². The Morgan fingerprint density at radius 3 is 2.74 bits per heavy atom. The lowest BCUT2D eigenvalue weighted by Crippen LogP contribution is -2.26. The zero-order valence-electron chi connectivity index (χ0n) is 15.0. The second-order valence-electron chi connectivity index (χ2n) is 5.69. The normalized spacial score (nSPS) is 11.9. The van der Waals surface area contributed by atoms with Crippen LogP contribution in [0.3, 0.4) is 0 Å². The van der Waals surface area contributed by atoms with Crippen LogP contribution in [-0.4, -0.2) is 36.6 Å². The molecule has 8 nitrogen and oxygen atoms in total. The number of hydrogen-bond donors (Lipinski definition) is 2. The van der Waals surface area contributed by atoms with E-state index >= 15 is 0 Å². The molecule has 0 unspecified atom stereocenters. The molecule has 1 aromatic carbocycles. The van der Waals surface area contributed by atoms with Crippen molar-refractivity contribution in [2.24, 2.45) is 0 Å². The van der Waals surface area contributed by atoms with E-state index in [0.29, 0.717) is 22.8 Å². The van der Waals surface area contributed by atoms with Gasteiger partial charge in [0.25, 0.3) is 5.56 Å². The summed E-state index contributed by atoms with van der Waals surface area (Å²) in [4.78, 5) is 27.9. The van der Waals surface area contributed by atoms with Gasteiger partial charge in [-0.15, -0.1) is 10.2 Å². The molecule has 1 amide bonds. The molecule has 0 aliphatic carbocycles. The molecule has 0 saturated heterocycles. The largest absolute Gasteiger partial charge is 0.324 e. The van der Waals surface area contributed by atoms with Gasteiger partial charge in [-0.2, -0.15) is 5.10 Å². The van der Waals surface area contributed by atoms with Crippen molar-refractivity contribution in [2.75, 3.05) is 11.1 Å². The molecule has 2 heterocycles. The smallest absolute Gasteiger partial charge is 0.278 e. The van der Waals surface area contributed by atoms with E-state index in [2.05, 4.69) is 25.6 Å². The van der Waals surface area contributed by atoms with E-state index in [1.165, 1.54) is 11.8 Å². The predicted molar refractivity (Wildman–Crippen MR) is 105 cm³/mol. The second-order valence-corrected chi connectivity index (χ2v) is 6.94. The van der Waals surface area contributed by atoms with E-state index in [-0.39, 0.29) is 17.2 Å². The van der Waals surface area contributed by atoms with Crippen LogP contribution in [0.5, 0.6) is 0 Å². The van der Waals surface area contributed by atoms with E-state index < -0.39 is 6.04 Å². The summed E-state index contributed by atoms with van der Waals surface area (Å²) in [5.41, 5.74) is 0.840. The summed E-state index contributed by atoms with van der Waals surface area (Å²) in [5, 5.41) is 15.6. The number of H-pyrrole nitrogens is 1. The van der Waals surface area contributed by atoms with Gasteiger partial charge in [0.2, 0.25) is 5.91 Å². The van der Waals surface area contributed by atoms with Crippen LogP contribution in [0.4, 0.5) is 5.69 Å². The average Bonchev–Trinajstić information content (AvgIpc) is 3.18. The summed E-state index contributed by atoms with van der Waals surface area (Å²) < 4.78 is 1.61. The van der Waals surface area contributed by atoms with Gasteiger partial charge >= 0.3 is 0 Å². The lowest BCUT2D eigenvalue weighted by Gasteiger charge is -2.17. The van der Waals surface area contributed by atoms with Crippen LogP contribution < -0.4 is 10.9 Å². The number of aromatic amines is 1. The summed E-state index contributed by atoms with van der Waals surface area (Å²) in [6.45, 7) is 3.88. The molecule has 140 valence electrons. The number of carbonyl (C=O) groups excluding carboxylic acids is 1. The summed E-state index contributed by atoms with van der Waals surface area (Å²) in [5.74, 6) is 0.568. The van der Waals surface area contributed by atoms with Crippen LogP contribution in [0.1, 0.15) is 26.3 Å². The number of nitrogens with one attached hydrogen (secondary N) is 2. The number of nitrogens with zero attached hydrogens (tertiary/aromatic N) is 4. The number of amides is 1. The summed E-state index contributed by atoms with van der Waals surface area (Å²) in [6.07, 6.45) is 3.97. The molecule has 27 heavy (non-hydrogen) atoms. The highest BCUT2D eigenvalue weighted by Gasteiger charge is 2.21. The van der Waals surface area contributed by atoms with Crippen molar-refractivity contribution in [1.29, 1.82) is 0 Å². The Bertz CT molecular complexity index is 970. The minimum atomic E-state index is -0.444. The van der Waals surface area contributed by atoms with Crippen molar-refractivity contribution in [3.63, 3.8) is 0 Å². The highest BCUT2D eigenvalue weighted by Crippen LogP contribution is 2.25. The lowest BCUT2D eigenvalue weighted by atomic mass is 10.1. The Balaban J connectivity index is 1.91. The molecule has 0 aliphatic heterocycles. The SMILES string of the molecule is CCSc1nnc(-c2ccccc2NC(=O)[C@H](CC)n2cccn2)c(=O)[nH]1. The number of hydrogen-bond acceptors (Lipinski definition) is 6. The van der Waals surface area contributed by atoms with Gasteiger partial charge in [0, 0.05) is 18.0 Å². The first-order valence-corrected chi connectivity index (χ1v) is 9.61. The third-order valence-electron chi connectivity index (χ3n) is 3.93. The Morgan fingerprint density at radius 2 is 2.07 bits per heavy atom. The summed E-state index contributed by atoms with van der Waals surface area (Å²) in [7, 11) is 0. The second kappa shape index (κ2) is 8.63. The first-order chi connectivity index (χ1) is 13.1. The fraction of sp³-hybridized carbons (Fsp3) is 0.278. The minimum Gasteiger partial charge on any atom is -0.324 e. The number of aromatic nitrogens is 5. The summed E-state index contributed by atoms with van der Waals surface area (Å²) in [6, 6.07) is 8.37. The van der Waals surface area contributed by atoms with Gasteiger partial charge in [-0.1, -0.05) is 43.8 Å². The first kappa shape index (κ1) is 18.8. The standard InChI is InChI=1S/C18H20N6O2S/c1-3-14(24-11-7-10-19-24)16(25)20-13-9-6-5-8-12(13)15-17(26)21-18(23-22-15)27-4-2/h5-11,14H,3-4H2,1-2H3,(H,20,25)(H,21,23,26)/t14-/m0/s1. The monoisotopic (exact) mass is 384 g/mol. The molecular weight excluding hydrogens is 364 g/mol. The van der Waals surface area contributed by atoms with E-state index in [0.717, 1.165) is 5.75 Å². The molecule has 0 bridgehead atoms. The van der Waals surface area contributed by atoms with Crippen molar-refractivity contribution >= 4 is 23.4 Å². The summed E-state index contributed by atoms with van der Waals surface area (Å²) >= 11 is 1.40. The highest BCUT2D eigenvalue weighted by atomic mass is 32.2. The van der Waals surface area contributed by atoms with E-state index in [1.807, 2.05) is 13.8 Å². The molecule has 0 radical (unpaired) electrons. The van der Waals surface area contributed by atoms with Crippen LogP contribution in [0, 0.1) is 0 Å². The molecule has 0 aliphatic rings. The number of rotatable bonds is 7. The van der Waals surface area contributed by atoms with E-state index in [9.17, 15) is 9.59 Å². The molecule has 0 fully saturated rings. The molecule has 2 N–H and O–H groups in total. The molecular formula is C18H20N6O2S. The fourth-order valence-electron chi connectivity index (χ4n) is 2.67.